The van der Waals surface area contributed by atoms with Gasteiger partial charge in [0.05, 0.1) is 0 Å². The Kier molecular flexibility index (Phi) is 7.91. The highest BCUT2D eigenvalue weighted by Crippen LogP contribution is 2.55. The van der Waals surface area contributed by atoms with Crippen molar-refractivity contribution >= 4 is 29.6 Å². The molecular weight excluding hydrogens is 485 g/mol. The van der Waals surface area contributed by atoms with Crippen LogP contribution >= 0.6 is 0 Å². The van der Waals surface area contributed by atoms with Gasteiger partial charge in [0, 0.05) is 0 Å². The molecule has 0 fully saturated rings. The molecule has 0 bridgehead atoms. The van der Waals surface area contributed by atoms with Crippen LogP contribution in [0.25, 0.3) is 21.5 Å². The largest absolute Gasteiger partial charge is 0.115 e. The highest BCUT2D eigenvalue weighted by Gasteiger charge is 2.43. The van der Waals surface area contributed by atoms with E-state index in [0.29, 0.717) is 0 Å². The van der Waals surface area contributed by atoms with Crippen LogP contribution < -0.4 is 0 Å². The summed E-state index contributed by atoms with van der Waals surface area (Å²) in [5.74, 6) is 0. The molecule has 0 nitrogen and oxygen atoms in total. The molecule has 0 spiro atoms. The third-order valence-corrected chi connectivity index (χ3v) is 12.1. The van der Waals surface area contributed by atoms with Gasteiger partial charge in [-0.3, -0.25) is 0 Å². The lowest BCUT2D eigenvalue weighted by Gasteiger charge is -2.27. The molecule has 1 heteroatoms. The second-order valence-electron chi connectivity index (χ2n) is 11.3. The minimum absolute atomic E-state index is 1.04. The fraction of sp³-hybridized carbons (Fsp3) is 0.263. The summed E-state index contributed by atoms with van der Waals surface area (Å²) >= 11 is 0. The monoisotopic (exact) mass is 526 g/mol. The Labute approximate surface area is 237 Å². The lowest BCUT2D eigenvalue weighted by Crippen LogP contribution is -2.28. The Hall–Kier alpha value is -3.42. The smallest absolute Gasteiger partial charge is 0.0615 e. The second-order valence-corrected chi connectivity index (χ2v) is 15.6. The van der Waals surface area contributed by atoms with E-state index in [9.17, 15) is 0 Å². The third-order valence-electron chi connectivity index (χ3n) is 8.50. The molecule has 1 heterocycles. The summed E-state index contributed by atoms with van der Waals surface area (Å²) in [6.45, 7) is 14.2. The number of hydrogen-bond donors (Lipinski definition) is 0. The molecule has 0 saturated heterocycles. The quantitative estimate of drug-likeness (QED) is 0.200. The van der Waals surface area contributed by atoms with Gasteiger partial charge < -0.3 is 0 Å². The van der Waals surface area contributed by atoms with Crippen molar-refractivity contribution in [2.24, 2.45) is 0 Å². The summed E-state index contributed by atoms with van der Waals surface area (Å²) in [7, 11) is -2.14. The zero-order chi connectivity index (χ0) is 27.6. The van der Waals surface area contributed by atoms with Gasteiger partial charge in [0.25, 0.3) is 0 Å². The van der Waals surface area contributed by atoms with Gasteiger partial charge in [0.2, 0.25) is 0 Å². The molecule has 198 valence electrons. The van der Waals surface area contributed by atoms with E-state index in [-0.39, 0.29) is 0 Å². The minimum atomic E-state index is -2.14. The van der Waals surface area contributed by atoms with Gasteiger partial charge >= 0.3 is 0 Å². The van der Waals surface area contributed by atoms with E-state index in [1.807, 2.05) is 0 Å². The summed E-state index contributed by atoms with van der Waals surface area (Å²) in [6.07, 6.45) is 4.18. The molecule has 39 heavy (non-hydrogen) atoms. The Morgan fingerprint density at radius 3 is 1.00 bits per heavy atom. The van der Waals surface area contributed by atoms with E-state index in [1.54, 1.807) is 10.4 Å². The molecule has 0 N–H and O–H groups in total. The summed E-state index contributed by atoms with van der Waals surface area (Å²) in [5, 5.41) is 3.14. The summed E-state index contributed by atoms with van der Waals surface area (Å²) in [5.41, 5.74) is 14.0. The van der Waals surface area contributed by atoms with Crippen LogP contribution in [0.1, 0.15) is 72.2 Å². The van der Waals surface area contributed by atoms with Gasteiger partial charge in [-0.2, -0.15) is 0 Å². The predicted molar refractivity (Wildman–Crippen MR) is 174 cm³/mol. The van der Waals surface area contributed by atoms with Gasteiger partial charge in [-0.25, -0.2) is 0 Å². The van der Waals surface area contributed by atoms with E-state index >= 15 is 0 Å². The molecule has 0 saturated carbocycles. The van der Waals surface area contributed by atoms with Crippen molar-refractivity contribution in [3.8, 4) is 0 Å². The van der Waals surface area contributed by atoms with Crippen molar-refractivity contribution in [1.29, 1.82) is 0 Å². The van der Waals surface area contributed by atoms with Gasteiger partial charge in [0.15, 0.2) is 0 Å². The van der Waals surface area contributed by atoms with E-state index in [4.69, 9.17) is 0 Å². The normalized spacial score (nSPS) is 14.8. The first-order valence-corrected chi connectivity index (χ1v) is 17.8. The number of aryl methyl sites for hydroxylation is 4. The van der Waals surface area contributed by atoms with Crippen molar-refractivity contribution < 1.29 is 0 Å². The molecule has 0 atom stereocenters. The van der Waals surface area contributed by atoms with Gasteiger partial charge in [-0.1, -0.05) is 138 Å². The van der Waals surface area contributed by atoms with Gasteiger partial charge in [-0.15, -0.1) is 0 Å². The van der Waals surface area contributed by atoms with Crippen LogP contribution in [0.2, 0.25) is 13.1 Å². The van der Waals surface area contributed by atoms with Crippen molar-refractivity contribution in [3.05, 3.63) is 142 Å². The zero-order valence-electron chi connectivity index (χ0n) is 24.6. The summed E-state index contributed by atoms with van der Waals surface area (Å²) < 4.78 is 0. The second kappa shape index (κ2) is 11.4. The van der Waals surface area contributed by atoms with Crippen LogP contribution in [-0.2, 0) is 25.7 Å². The summed E-state index contributed by atoms with van der Waals surface area (Å²) in [4.78, 5) is 0. The molecule has 0 amide bonds. The van der Waals surface area contributed by atoms with Gasteiger partial charge in [0.1, 0.15) is 8.07 Å². The van der Waals surface area contributed by atoms with Crippen molar-refractivity contribution in [1.82, 2.24) is 0 Å². The topological polar surface area (TPSA) is 0 Å². The Morgan fingerprint density at radius 1 is 0.410 bits per heavy atom. The molecule has 0 aromatic heterocycles. The molecule has 4 aromatic rings. The van der Waals surface area contributed by atoms with E-state index in [1.165, 1.54) is 55.7 Å². The molecule has 0 radical (unpaired) electrons. The molecule has 1 aliphatic heterocycles. The fourth-order valence-electron chi connectivity index (χ4n) is 6.37. The Balaban J connectivity index is 1.93. The lowest BCUT2D eigenvalue weighted by molar-refractivity contribution is 1.14. The Bertz CT molecular complexity index is 1450. The van der Waals surface area contributed by atoms with Crippen molar-refractivity contribution in [2.45, 2.75) is 66.5 Å². The van der Waals surface area contributed by atoms with E-state index in [0.717, 1.165) is 25.7 Å². The summed E-state index contributed by atoms with van der Waals surface area (Å²) in [6, 6.07) is 37.3. The van der Waals surface area contributed by atoms with Crippen LogP contribution in [0.5, 0.6) is 0 Å². The van der Waals surface area contributed by atoms with Crippen LogP contribution in [0.4, 0.5) is 0 Å². The standard InChI is InChI=1S/C38H42Si/c1-7-27-15-11-19-31(23-27)35-36(32-20-12-16-28(8-2)24-32)38(34-22-14-18-30(10-4)26-34)39(5,6)37(35)33-21-13-17-29(9-3)25-33/h11-26H,7-10H2,1-6H3. The first kappa shape index (κ1) is 27.2. The molecule has 4 aromatic carbocycles. The molecule has 0 aliphatic carbocycles. The van der Waals surface area contributed by atoms with Crippen molar-refractivity contribution in [2.75, 3.05) is 0 Å². The number of benzene rings is 4. The number of hydrogen-bond acceptors (Lipinski definition) is 0. The molecule has 1 aliphatic rings. The van der Waals surface area contributed by atoms with Crippen LogP contribution in [-0.4, -0.2) is 8.07 Å². The Morgan fingerprint density at radius 2 is 0.692 bits per heavy atom. The average molecular weight is 527 g/mol. The predicted octanol–water partition coefficient (Wildman–Crippen LogP) is 10.3. The highest BCUT2D eigenvalue weighted by atomic mass is 28.3. The number of allylic oxidation sites excluding steroid dienone is 2. The molecule has 5 rings (SSSR count). The molecular formula is C38H42Si. The maximum absolute atomic E-state index is 2.58. The average Bonchev–Trinajstić information content (AvgIpc) is 3.24. The minimum Gasteiger partial charge on any atom is -0.0615 e. The fourth-order valence-corrected chi connectivity index (χ4v) is 10.2. The third kappa shape index (κ3) is 5.13. The van der Waals surface area contributed by atoms with Crippen LogP contribution in [0.15, 0.2) is 97.1 Å². The SMILES string of the molecule is CCc1cccc(C2=C(c3cccc(CC)c3)[Si](C)(C)C(c3cccc(CC)c3)=C2c2cccc(CC)c2)c1. The maximum Gasteiger partial charge on any atom is 0.115 e. The zero-order valence-corrected chi connectivity index (χ0v) is 25.6. The molecule has 0 unspecified atom stereocenters. The van der Waals surface area contributed by atoms with Crippen molar-refractivity contribution in [3.63, 3.8) is 0 Å². The van der Waals surface area contributed by atoms with E-state index < -0.39 is 8.07 Å². The maximum atomic E-state index is 2.58. The van der Waals surface area contributed by atoms with E-state index in [2.05, 4.69) is 138 Å². The van der Waals surface area contributed by atoms with Crippen LogP contribution in [0.3, 0.4) is 0 Å². The van der Waals surface area contributed by atoms with Crippen LogP contribution in [0, 0.1) is 0 Å². The highest BCUT2D eigenvalue weighted by molar-refractivity contribution is 7.13. The van der Waals surface area contributed by atoms with Gasteiger partial charge in [-0.05, 0) is 91.7 Å². The lowest BCUT2D eigenvalue weighted by atomic mass is 9.87. The first-order chi connectivity index (χ1) is 18.9. The first-order valence-electron chi connectivity index (χ1n) is 14.8. The number of rotatable bonds is 8.